The summed E-state index contributed by atoms with van der Waals surface area (Å²) in [5, 5.41) is 1.15. The molecule has 0 atom stereocenters. The molecule has 0 saturated heterocycles. The quantitative estimate of drug-likeness (QED) is 0.757. The second-order valence-electron chi connectivity index (χ2n) is 3.17. The zero-order chi connectivity index (χ0) is 9.26. The van der Waals surface area contributed by atoms with Crippen LogP contribution in [0.25, 0.3) is 10.9 Å². The zero-order valence-electron chi connectivity index (χ0n) is 8.45. The van der Waals surface area contributed by atoms with Crippen LogP contribution in [0.15, 0.2) is 24.4 Å². The number of aromatic nitrogens is 1. The van der Waals surface area contributed by atoms with Crippen molar-refractivity contribution in [3.8, 4) is 0 Å². The summed E-state index contributed by atoms with van der Waals surface area (Å²) in [5.74, 6) is 0. The smallest absolute Gasteiger partial charge is 0.0381 e. The molecule has 0 fully saturated rings. The molecular formula is C11H12NOY-. The number of hydrogen-bond acceptors (Lipinski definition) is 1. The van der Waals surface area contributed by atoms with Crippen LogP contribution < -0.4 is 0 Å². The molecule has 14 heavy (non-hydrogen) atoms. The van der Waals surface area contributed by atoms with Crippen LogP contribution in [0.2, 0.25) is 0 Å². The normalized spacial score (nSPS) is 10.1. The molecule has 0 aliphatic rings. The molecule has 0 aliphatic heterocycles. The van der Waals surface area contributed by atoms with Crippen molar-refractivity contribution in [2.75, 3.05) is 7.11 Å². The van der Waals surface area contributed by atoms with Gasteiger partial charge < -0.3 is 9.30 Å². The number of hydrogen-bond donors (Lipinski definition) is 0. The molecule has 71 valence electrons. The molecule has 0 N–H and O–H groups in total. The summed E-state index contributed by atoms with van der Waals surface area (Å²) in [6.07, 6.45) is 2.04. The maximum Gasteiger partial charge on any atom is 0.0381 e. The van der Waals surface area contributed by atoms with Gasteiger partial charge in [0.1, 0.15) is 0 Å². The van der Waals surface area contributed by atoms with Crippen molar-refractivity contribution in [2.24, 2.45) is 7.05 Å². The summed E-state index contributed by atoms with van der Waals surface area (Å²) in [6.45, 7) is 0.650. The first-order valence-electron chi connectivity index (χ1n) is 4.26. The number of rotatable bonds is 2. The monoisotopic (exact) mass is 263 g/mol. The van der Waals surface area contributed by atoms with Gasteiger partial charge in [0.2, 0.25) is 0 Å². The number of methoxy groups -OCH3 is 1. The van der Waals surface area contributed by atoms with Gasteiger partial charge in [0.05, 0.1) is 0 Å². The predicted molar refractivity (Wildman–Crippen MR) is 52.5 cm³/mol. The molecule has 1 aromatic carbocycles. The minimum absolute atomic E-state index is 0. The fourth-order valence-electron chi connectivity index (χ4n) is 1.48. The van der Waals surface area contributed by atoms with Gasteiger partial charge in [0.25, 0.3) is 0 Å². The maximum atomic E-state index is 5.06. The van der Waals surface area contributed by atoms with Gasteiger partial charge in [-0.3, -0.25) is 0 Å². The third kappa shape index (κ3) is 2.25. The zero-order valence-corrected chi connectivity index (χ0v) is 11.3. The van der Waals surface area contributed by atoms with Crippen LogP contribution in [0.5, 0.6) is 0 Å². The molecule has 1 aromatic heterocycles. The first kappa shape index (κ1) is 11.9. The fraction of sp³-hybridized carbons (Fsp3) is 0.273. The average molecular weight is 263 g/mol. The minimum atomic E-state index is 0. The van der Waals surface area contributed by atoms with Gasteiger partial charge in [0, 0.05) is 53.5 Å². The second kappa shape index (κ2) is 5.06. The molecule has 0 amide bonds. The van der Waals surface area contributed by atoms with Crippen LogP contribution in [-0.4, -0.2) is 11.7 Å². The third-order valence-electron chi connectivity index (χ3n) is 2.17. The van der Waals surface area contributed by atoms with Crippen molar-refractivity contribution in [2.45, 2.75) is 6.61 Å². The summed E-state index contributed by atoms with van der Waals surface area (Å²) >= 11 is 0. The Morgan fingerprint density at radius 1 is 1.50 bits per heavy atom. The Morgan fingerprint density at radius 3 is 3.00 bits per heavy atom. The van der Waals surface area contributed by atoms with Crippen LogP contribution >= 0.6 is 0 Å². The van der Waals surface area contributed by atoms with Crippen molar-refractivity contribution in [1.29, 1.82) is 0 Å². The summed E-state index contributed by atoms with van der Waals surface area (Å²) in [4.78, 5) is 0. The van der Waals surface area contributed by atoms with Crippen molar-refractivity contribution in [3.05, 3.63) is 36.0 Å². The van der Waals surface area contributed by atoms with Gasteiger partial charge in [0.15, 0.2) is 0 Å². The summed E-state index contributed by atoms with van der Waals surface area (Å²) in [5.41, 5.74) is 2.37. The van der Waals surface area contributed by atoms with Crippen molar-refractivity contribution >= 4 is 10.9 Å². The first-order valence-corrected chi connectivity index (χ1v) is 4.26. The molecule has 2 nitrogen and oxygen atoms in total. The van der Waals surface area contributed by atoms with Crippen molar-refractivity contribution < 1.29 is 37.4 Å². The topological polar surface area (TPSA) is 14.2 Å². The molecule has 1 heterocycles. The van der Waals surface area contributed by atoms with Gasteiger partial charge in [-0.05, 0) is 11.7 Å². The summed E-state index contributed by atoms with van der Waals surface area (Å²) in [6, 6.07) is 9.40. The molecule has 1 radical (unpaired) electrons. The van der Waals surface area contributed by atoms with Gasteiger partial charge in [-0.1, -0.05) is 0 Å². The van der Waals surface area contributed by atoms with Gasteiger partial charge >= 0.3 is 0 Å². The van der Waals surface area contributed by atoms with E-state index >= 15 is 0 Å². The molecule has 0 bridgehead atoms. The number of ether oxygens (including phenoxy) is 1. The maximum absolute atomic E-state index is 5.06. The van der Waals surface area contributed by atoms with E-state index < -0.39 is 0 Å². The minimum Gasteiger partial charge on any atom is -0.398 e. The van der Waals surface area contributed by atoms with Crippen molar-refractivity contribution in [1.82, 2.24) is 4.57 Å². The van der Waals surface area contributed by atoms with E-state index in [9.17, 15) is 0 Å². The van der Waals surface area contributed by atoms with E-state index in [0.717, 1.165) is 10.9 Å². The molecule has 0 spiro atoms. The molecule has 3 heteroatoms. The average Bonchev–Trinajstić information content (AvgIpc) is 2.49. The van der Waals surface area contributed by atoms with Gasteiger partial charge in [-0.25, -0.2) is 0 Å². The van der Waals surface area contributed by atoms with Crippen molar-refractivity contribution in [3.63, 3.8) is 0 Å². The van der Waals surface area contributed by atoms with Crippen LogP contribution in [0.4, 0.5) is 0 Å². The van der Waals surface area contributed by atoms with E-state index in [2.05, 4.69) is 22.8 Å². The largest absolute Gasteiger partial charge is 0.398 e. The number of aryl methyl sites for hydroxylation is 1. The molecule has 0 unspecified atom stereocenters. The molecular weight excluding hydrogens is 251 g/mol. The Balaban J connectivity index is 0.000000980. The van der Waals surface area contributed by atoms with Gasteiger partial charge in [-0.15, -0.1) is 35.2 Å². The molecule has 0 aliphatic carbocycles. The predicted octanol–water partition coefficient (Wildman–Crippen LogP) is 2.12. The third-order valence-corrected chi connectivity index (χ3v) is 2.17. The Hall–Kier alpha value is -0.176. The SMILES string of the molecule is COCc1c[c-]c2ccn(C)c2c1.[Y]. The Labute approximate surface area is 109 Å². The number of benzene rings is 1. The number of nitrogens with zero attached hydrogens (tertiary/aromatic N) is 1. The Morgan fingerprint density at radius 2 is 2.29 bits per heavy atom. The molecule has 2 rings (SSSR count). The first-order chi connectivity index (χ1) is 6.31. The number of fused-ring (bicyclic) bond motifs is 1. The van der Waals surface area contributed by atoms with E-state index in [1.54, 1.807) is 7.11 Å². The van der Waals surface area contributed by atoms with E-state index in [4.69, 9.17) is 4.74 Å². The standard InChI is InChI=1S/C11H12NO.Y/c1-12-6-5-10-4-3-9(8-13-2)7-11(10)12;/h3,5-7H,8H2,1-2H3;/q-1;. The van der Waals surface area contributed by atoms with Crippen LogP contribution in [0, 0.1) is 6.07 Å². The second-order valence-corrected chi connectivity index (χ2v) is 3.17. The van der Waals surface area contributed by atoms with E-state index in [0.29, 0.717) is 6.61 Å². The fourth-order valence-corrected chi connectivity index (χ4v) is 1.48. The van der Waals surface area contributed by atoms with E-state index in [-0.39, 0.29) is 32.7 Å². The molecule has 0 saturated carbocycles. The van der Waals surface area contributed by atoms with E-state index in [1.807, 2.05) is 19.3 Å². The van der Waals surface area contributed by atoms with Crippen LogP contribution in [0.3, 0.4) is 0 Å². The summed E-state index contributed by atoms with van der Waals surface area (Å²) < 4.78 is 7.15. The molecule has 2 aromatic rings. The Kier molecular flexibility index (Phi) is 4.30. The van der Waals surface area contributed by atoms with E-state index in [1.165, 1.54) is 5.52 Å². The summed E-state index contributed by atoms with van der Waals surface area (Å²) in [7, 11) is 3.74. The van der Waals surface area contributed by atoms with Gasteiger partial charge in [-0.2, -0.15) is 0 Å². The van der Waals surface area contributed by atoms with Crippen LogP contribution in [-0.2, 0) is 51.1 Å². The Bertz CT molecular complexity index is 422. The van der Waals surface area contributed by atoms with Crippen LogP contribution in [0.1, 0.15) is 5.56 Å².